The molecule has 156 valence electrons. The summed E-state index contributed by atoms with van der Waals surface area (Å²) in [6.07, 6.45) is 6.87. The van der Waals surface area contributed by atoms with Crippen LogP contribution < -0.4 is 15.4 Å². The maximum Gasteiger partial charge on any atom is 0.251 e. The van der Waals surface area contributed by atoms with Crippen molar-refractivity contribution in [2.45, 2.75) is 12.8 Å². The van der Waals surface area contributed by atoms with Gasteiger partial charge in [0.2, 0.25) is 0 Å². The van der Waals surface area contributed by atoms with Gasteiger partial charge in [0.05, 0.1) is 19.0 Å². The molecule has 0 fully saturated rings. The lowest BCUT2D eigenvalue weighted by Gasteiger charge is -2.11. The summed E-state index contributed by atoms with van der Waals surface area (Å²) in [6.45, 7) is 0.681. The molecule has 0 saturated carbocycles. The van der Waals surface area contributed by atoms with Gasteiger partial charge in [-0.25, -0.2) is 14.4 Å². The third-order valence-corrected chi connectivity index (χ3v) is 5.40. The number of amides is 1. The number of carbonyl (C=O) groups excluding carboxylic acids is 1. The third kappa shape index (κ3) is 3.46. The molecule has 0 spiro atoms. The quantitative estimate of drug-likeness (QED) is 0.525. The highest BCUT2D eigenvalue weighted by molar-refractivity contribution is 5.96. The zero-order valence-corrected chi connectivity index (χ0v) is 16.9. The van der Waals surface area contributed by atoms with Gasteiger partial charge >= 0.3 is 0 Å². The number of anilines is 2. The molecule has 0 atom stereocenters. The van der Waals surface area contributed by atoms with Gasteiger partial charge in [-0.15, -0.1) is 0 Å². The predicted octanol–water partition coefficient (Wildman–Crippen LogP) is 3.96. The molecule has 0 unspecified atom stereocenters. The van der Waals surface area contributed by atoms with Crippen molar-refractivity contribution in [1.82, 2.24) is 19.7 Å². The molecule has 31 heavy (non-hydrogen) atoms. The molecule has 4 aromatic rings. The van der Waals surface area contributed by atoms with Crippen LogP contribution in [0, 0.1) is 5.82 Å². The number of halogens is 1. The summed E-state index contributed by atoms with van der Waals surface area (Å²) in [5, 5.41) is 6.21. The van der Waals surface area contributed by atoms with Crippen molar-refractivity contribution in [2.75, 3.05) is 19.0 Å². The highest BCUT2D eigenvalue weighted by atomic mass is 19.1. The molecule has 1 amide bonds. The van der Waals surface area contributed by atoms with Gasteiger partial charge in [-0.05, 0) is 54.8 Å². The summed E-state index contributed by atoms with van der Waals surface area (Å²) in [5.41, 5.74) is 4.57. The summed E-state index contributed by atoms with van der Waals surface area (Å²) in [6, 6.07) is 10.5. The summed E-state index contributed by atoms with van der Waals surface area (Å²) >= 11 is 0. The molecule has 2 aromatic heterocycles. The number of fused-ring (bicyclic) bond motifs is 2. The van der Waals surface area contributed by atoms with E-state index in [9.17, 15) is 9.18 Å². The van der Waals surface area contributed by atoms with E-state index in [1.54, 1.807) is 30.7 Å². The largest absolute Gasteiger partial charge is 0.494 e. The standard InChI is InChI=1S/C23H20FN5O2/c1-31-20-7-4-15(12-18(20)24)19-13-27-22-21(25-9-10-29(19)22)28-16-5-6-17-14(11-16)3-2-8-26-23(17)30/h4-7,9-13H,2-3,8H2,1H3,(H,25,28)(H,26,30). The Morgan fingerprint density at radius 1 is 1.19 bits per heavy atom. The van der Waals surface area contributed by atoms with E-state index >= 15 is 0 Å². The maximum absolute atomic E-state index is 14.2. The van der Waals surface area contributed by atoms with Crippen LogP contribution in [0.1, 0.15) is 22.3 Å². The van der Waals surface area contributed by atoms with Crippen LogP contribution in [0.25, 0.3) is 16.9 Å². The number of imidazole rings is 1. The first kappa shape index (κ1) is 19.0. The normalized spacial score (nSPS) is 13.4. The number of methoxy groups -OCH3 is 1. The number of aromatic nitrogens is 3. The first-order valence-corrected chi connectivity index (χ1v) is 9.98. The van der Waals surface area contributed by atoms with E-state index in [1.165, 1.54) is 13.2 Å². The molecule has 0 saturated heterocycles. The number of carbonyl (C=O) groups is 1. The average molecular weight is 417 g/mol. The van der Waals surface area contributed by atoms with E-state index < -0.39 is 5.82 Å². The van der Waals surface area contributed by atoms with Gasteiger partial charge in [0.25, 0.3) is 5.91 Å². The smallest absolute Gasteiger partial charge is 0.251 e. The summed E-state index contributed by atoms with van der Waals surface area (Å²) in [5.74, 6) is 0.291. The van der Waals surface area contributed by atoms with Gasteiger partial charge in [0.15, 0.2) is 23.0 Å². The van der Waals surface area contributed by atoms with Gasteiger partial charge in [-0.3, -0.25) is 9.20 Å². The Morgan fingerprint density at radius 3 is 2.94 bits per heavy atom. The minimum Gasteiger partial charge on any atom is -0.494 e. The van der Waals surface area contributed by atoms with Crippen molar-refractivity contribution in [3.05, 3.63) is 71.9 Å². The molecule has 2 aromatic carbocycles. The second kappa shape index (κ2) is 7.71. The van der Waals surface area contributed by atoms with Crippen molar-refractivity contribution in [1.29, 1.82) is 0 Å². The molecule has 0 aliphatic carbocycles. The first-order chi connectivity index (χ1) is 15.1. The lowest BCUT2D eigenvalue weighted by atomic mass is 10.0. The second-order valence-electron chi connectivity index (χ2n) is 7.32. The number of hydrogen-bond donors (Lipinski definition) is 2. The number of nitrogens with one attached hydrogen (secondary N) is 2. The van der Waals surface area contributed by atoms with E-state index in [0.29, 0.717) is 29.1 Å². The fourth-order valence-corrected chi connectivity index (χ4v) is 3.86. The number of rotatable bonds is 4. The minimum atomic E-state index is -0.434. The Bertz CT molecular complexity index is 1300. The van der Waals surface area contributed by atoms with Crippen LogP contribution in [-0.2, 0) is 6.42 Å². The molecule has 7 nitrogen and oxygen atoms in total. The molecule has 1 aliphatic heterocycles. The van der Waals surface area contributed by atoms with Crippen molar-refractivity contribution < 1.29 is 13.9 Å². The second-order valence-corrected chi connectivity index (χ2v) is 7.32. The number of ether oxygens (including phenoxy) is 1. The van der Waals surface area contributed by atoms with Crippen LogP contribution in [0.4, 0.5) is 15.9 Å². The Labute approximate surface area is 177 Å². The molecule has 2 N–H and O–H groups in total. The number of aryl methyl sites for hydroxylation is 1. The predicted molar refractivity (Wildman–Crippen MR) is 115 cm³/mol. The zero-order valence-electron chi connectivity index (χ0n) is 16.9. The number of nitrogens with zero attached hydrogens (tertiary/aromatic N) is 3. The Kier molecular flexibility index (Phi) is 4.74. The van der Waals surface area contributed by atoms with Crippen LogP contribution in [-0.4, -0.2) is 33.9 Å². The van der Waals surface area contributed by atoms with Crippen molar-refractivity contribution >= 4 is 23.1 Å². The van der Waals surface area contributed by atoms with Crippen molar-refractivity contribution in [3.8, 4) is 17.0 Å². The van der Waals surface area contributed by atoms with Gasteiger partial charge < -0.3 is 15.4 Å². The molecule has 0 bridgehead atoms. The van der Waals surface area contributed by atoms with E-state index in [-0.39, 0.29) is 11.7 Å². The molecule has 5 rings (SSSR count). The monoisotopic (exact) mass is 417 g/mol. The van der Waals surface area contributed by atoms with Crippen LogP contribution in [0.2, 0.25) is 0 Å². The van der Waals surface area contributed by atoms with Crippen LogP contribution in [0.15, 0.2) is 55.0 Å². The van der Waals surface area contributed by atoms with E-state index in [1.807, 2.05) is 22.6 Å². The average Bonchev–Trinajstić information content (AvgIpc) is 3.13. The molecule has 3 heterocycles. The fraction of sp³-hybridized carbons (Fsp3) is 0.174. The van der Waals surface area contributed by atoms with Gasteiger partial charge in [-0.1, -0.05) is 0 Å². The summed E-state index contributed by atoms with van der Waals surface area (Å²) in [4.78, 5) is 21.1. The maximum atomic E-state index is 14.2. The molecule has 8 heteroatoms. The van der Waals surface area contributed by atoms with Crippen LogP contribution in [0.3, 0.4) is 0 Å². The van der Waals surface area contributed by atoms with Crippen LogP contribution >= 0.6 is 0 Å². The Balaban J connectivity index is 1.50. The molecule has 1 aliphatic rings. The van der Waals surface area contributed by atoms with Gasteiger partial charge in [0.1, 0.15) is 0 Å². The zero-order chi connectivity index (χ0) is 21.4. The lowest BCUT2D eigenvalue weighted by molar-refractivity contribution is 0.0956. The highest BCUT2D eigenvalue weighted by Crippen LogP contribution is 2.29. The van der Waals surface area contributed by atoms with E-state index in [0.717, 1.165) is 29.8 Å². The van der Waals surface area contributed by atoms with Crippen LogP contribution in [0.5, 0.6) is 5.75 Å². The van der Waals surface area contributed by atoms with Gasteiger partial charge in [-0.2, -0.15) is 0 Å². The van der Waals surface area contributed by atoms with Crippen molar-refractivity contribution in [2.24, 2.45) is 0 Å². The van der Waals surface area contributed by atoms with E-state index in [2.05, 4.69) is 20.6 Å². The minimum absolute atomic E-state index is 0.0381. The lowest BCUT2D eigenvalue weighted by Crippen LogP contribution is -2.22. The third-order valence-electron chi connectivity index (χ3n) is 5.40. The van der Waals surface area contributed by atoms with Crippen molar-refractivity contribution in [3.63, 3.8) is 0 Å². The highest BCUT2D eigenvalue weighted by Gasteiger charge is 2.16. The topological polar surface area (TPSA) is 80.5 Å². The first-order valence-electron chi connectivity index (χ1n) is 9.98. The Morgan fingerprint density at radius 2 is 2.10 bits per heavy atom. The summed E-state index contributed by atoms with van der Waals surface area (Å²) in [7, 11) is 1.44. The molecule has 0 radical (unpaired) electrons. The molecular weight excluding hydrogens is 397 g/mol. The fourth-order valence-electron chi connectivity index (χ4n) is 3.86. The van der Waals surface area contributed by atoms with E-state index in [4.69, 9.17) is 4.74 Å². The Hall–Kier alpha value is -3.94. The number of benzene rings is 2. The summed E-state index contributed by atoms with van der Waals surface area (Å²) < 4.78 is 21.1. The molecular formula is C23H20FN5O2. The van der Waals surface area contributed by atoms with Gasteiger partial charge in [0, 0.05) is 35.8 Å². The number of hydrogen-bond acceptors (Lipinski definition) is 5. The SMILES string of the molecule is COc1ccc(-c2cnc3c(Nc4ccc5c(c4)CCCNC5=O)nccn23)cc1F.